The predicted octanol–water partition coefficient (Wildman–Crippen LogP) is 2.73. The highest BCUT2D eigenvalue weighted by molar-refractivity contribution is 7.17. The first-order valence-electron chi connectivity index (χ1n) is 6.05. The number of aliphatic hydroxyl groups is 1. The molecule has 4 heteroatoms. The number of hydrogen-bond donors (Lipinski definition) is 1. The van der Waals surface area contributed by atoms with Crippen molar-refractivity contribution in [1.29, 1.82) is 5.26 Å². The number of benzene rings is 1. The van der Waals surface area contributed by atoms with Gasteiger partial charge in [-0.25, -0.2) is 0 Å². The molecule has 3 nitrogen and oxygen atoms in total. The third kappa shape index (κ3) is 1.67. The molecule has 1 aliphatic rings. The van der Waals surface area contributed by atoms with Gasteiger partial charge in [0.1, 0.15) is 6.07 Å². The van der Waals surface area contributed by atoms with Crippen LogP contribution in [0, 0.1) is 11.3 Å². The molecule has 1 N–H and O–H groups in total. The van der Waals surface area contributed by atoms with Crippen LogP contribution < -0.4 is 4.90 Å². The summed E-state index contributed by atoms with van der Waals surface area (Å²) < 4.78 is 1.04. The molecule has 0 unspecified atom stereocenters. The Kier molecular flexibility index (Phi) is 2.73. The van der Waals surface area contributed by atoms with E-state index in [9.17, 15) is 5.11 Å². The number of nitriles is 1. The van der Waals surface area contributed by atoms with Crippen LogP contribution in [0.25, 0.3) is 10.1 Å². The first kappa shape index (κ1) is 11.5. The standard InChI is InChI=1S/C14H14N2OS/c1-9-6-11(17)8-16(9)13-3-2-10(7-15)14-12(13)4-5-18-14/h2-5,9,11,17H,6,8H2,1H3/t9-,11-/m0/s1. The van der Waals surface area contributed by atoms with Crippen LogP contribution in [-0.2, 0) is 0 Å². The van der Waals surface area contributed by atoms with Gasteiger partial charge in [0.2, 0.25) is 0 Å². The zero-order valence-corrected chi connectivity index (χ0v) is 10.9. The first-order valence-corrected chi connectivity index (χ1v) is 6.93. The molecule has 0 radical (unpaired) electrons. The quantitative estimate of drug-likeness (QED) is 0.855. The Morgan fingerprint density at radius 3 is 2.94 bits per heavy atom. The van der Waals surface area contributed by atoms with E-state index in [0.717, 1.165) is 27.8 Å². The van der Waals surface area contributed by atoms with Gasteiger partial charge in [-0.1, -0.05) is 0 Å². The molecule has 0 aliphatic carbocycles. The van der Waals surface area contributed by atoms with Crippen molar-refractivity contribution in [2.75, 3.05) is 11.4 Å². The molecule has 2 atom stereocenters. The van der Waals surface area contributed by atoms with Gasteiger partial charge in [-0.05, 0) is 36.9 Å². The van der Waals surface area contributed by atoms with Crippen LogP contribution in [0.4, 0.5) is 5.69 Å². The third-order valence-electron chi connectivity index (χ3n) is 3.58. The molecule has 1 saturated heterocycles. The van der Waals surface area contributed by atoms with Gasteiger partial charge in [0.05, 0.1) is 16.4 Å². The van der Waals surface area contributed by atoms with Crippen LogP contribution in [0.2, 0.25) is 0 Å². The van der Waals surface area contributed by atoms with Crippen LogP contribution in [0.3, 0.4) is 0 Å². The number of rotatable bonds is 1. The summed E-state index contributed by atoms with van der Waals surface area (Å²) in [6, 6.07) is 8.53. The van der Waals surface area contributed by atoms with E-state index >= 15 is 0 Å². The van der Waals surface area contributed by atoms with E-state index in [1.165, 1.54) is 0 Å². The predicted molar refractivity (Wildman–Crippen MR) is 74.0 cm³/mol. The van der Waals surface area contributed by atoms with E-state index in [0.29, 0.717) is 12.6 Å². The van der Waals surface area contributed by atoms with Crippen LogP contribution in [0.5, 0.6) is 0 Å². The molecule has 0 bridgehead atoms. The second-order valence-corrected chi connectivity index (χ2v) is 5.71. The van der Waals surface area contributed by atoms with E-state index in [4.69, 9.17) is 5.26 Å². The third-order valence-corrected chi connectivity index (χ3v) is 4.52. The maximum Gasteiger partial charge on any atom is 0.101 e. The first-order chi connectivity index (χ1) is 8.70. The van der Waals surface area contributed by atoms with Gasteiger partial charge in [-0.2, -0.15) is 5.26 Å². The highest BCUT2D eigenvalue weighted by Crippen LogP contribution is 2.36. The summed E-state index contributed by atoms with van der Waals surface area (Å²) in [5, 5.41) is 22.0. The lowest BCUT2D eigenvalue weighted by atomic mass is 10.1. The van der Waals surface area contributed by atoms with E-state index in [-0.39, 0.29) is 6.10 Å². The van der Waals surface area contributed by atoms with Crippen LogP contribution in [0.1, 0.15) is 18.9 Å². The molecule has 1 aromatic heterocycles. The van der Waals surface area contributed by atoms with Crippen molar-refractivity contribution < 1.29 is 5.11 Å². The number of fused-ring (bicyclic) bond motifs is 1. The maximum absolute atomic E-state index is 9.76. The molecule has 0 saturated carbocycles. The molecule has 0 spiro atoms. The monoisotopic (exact) mass is 258 g/mol. The number of aliphatic hydroxyl groups excluding tert-OH is 1. The van der Waals surface area contributed by atoms with Crippen molar-refractivity contribution in [3.05, 3.63) is 29.1 Å². The summed E-state index contributed by atoms with van der Waals surface area (Å²) in [4.78, 5) is 2.24. The highest BCUT2D eigenvalue weighted by atomic mass is 32.1. The zero-order valence-electron chi connectivity index (χ0n) is 10.1. The van der Waals surface area contributed by atoms with Crippen LogP contribution in [-0.4, -0.2) is 23.8 Å². The van der Waals surface area contributed by atoms with Crippen molar-refractivity contribution in [1.82, 2.24) is 0 Å². The van der Waals surface area contributed by atoms with E-state index in [2.05, 4.69) is 24.0 Å². The SMILES string of the molecule is C[C@H]1C[C@H](O)CN1c1ccc(C#N)c2sccc12. The highest BCUT2D eigenvalue weighted by Gasteiger charge is 2.28. The molecule has 3 rings (SSSR count). The summed E-state index contributed by atoms with van der Waals surface area (Å²) in [5.41, 5.74) is 1.87. The molecular formula is C14H14N2OS. The zero-order chi connectivity index (χ0) is 12.7. The molecule has 0 amide bonds. The molecule has 1 aliphatic heterocycles. The Hall–Kier alpha value is -1.57. The summed E-state index contributed by atoms with van der Waals surface area (Å²) in [7, 11) is 0. The number of hydrogen-bond acceptors (Lipinski definition) is 4. The molecule has 2 aromatic rings. The molecular weight excluding hydrogens is 244 g/mol. The number of anilines is 1. The minimum atomic E-state index is -0.246. The molecule has 18 heavy (non-hydrogen) atoms. The summed E-state index contributed by atoms with van der Waals surface area (Å²) in [6.45, 7) is 2.81. The number of thiophene rings is 1. The van der Waals surface area contributed by atoms with Gasteiger partial charge in [0.25, 0.3) is 0 Å². The Morgan fingerprint density at radius 1 is 1.44 bits per heavy atom. The number of β-amino-alcohol motifs (C(OH)–C–C–N with tert-alkyl or cyclic N) is 1. The fourth-order valence-electron chi connectivity index (χ4n) is 2.72. The van der Waals surface area contributed by atoms with E-state index < -0.39 is 0 Å². The summed E-state index contributed by atoms with van der Waals surface area (Å²) in [6.07, 6.45) is 0.565. The van der Waals surface area contributed by atoms with Gasteiger partial charge in [-0.3, -0.25) is 0 Å². The minimum absolute atomic E-state index is 0.246. The van der Waals surface area contributed by atoms with Crippen LogP contribution >= 0.6 is 11.3 Å². The topological polar surface area (TPSA) is 47.3 Å². The Labute approximate surface area is 110 Å². The number of nitrogens with zero attached hydrogens (tertiary/aromatic N) is 2. The van der Waals surface area contributed by atoms with Gasteiger partial charge in [0.15, 0.2) is 0 Å². The lowest BCUT2D eigenvalue weighted by Gasteiger charge is -2.24. The van der Waals surface area contributed by atoms with Crippen molar-refractivity contribution >= 4 is 27.1 Å². The van der Waals surface area contributed by atoms with Crippen LogP contribution in [0.15, 0.2) is 23.6 Å². The fraction of sp³-hybridized carbons (Fsp3) is 0.357. The Bertz CT molecular complexity index is 628. The van der Waals surface area contributed by atoms with Gasteiger partial charge in [0, 0.05) is 23.7 Å². The molecule has 1 aromatic carbocycles. The van der Waals surface area contributed by atoms with Crippen molar-refractivity contribution in [2.24, 2.45) is 0 Å². The Morgan fingerprint density at radius 2 is 2.28 bits per heavy atom. The summed E-state index contributed by atoms with van der Waals surface area (Å²) >= 11 is 1.60. The molecule has 92 valence electrons. The van der Waals surface area contributed by atoms with Gasteiger partial charge >= 0.3 is 0 Å². The fourth-order valence-corrected chi connectivity index (χ4v) is 3.60. The average molecular weight is 258 g/mol. The van der Waals surface area contributed by atoms with Crippen molar-refractivity contribution in [3.8, 4) is 6.07 Å². The normalized spacial score (nSPS) is 23.5. The molecule has 2 heterocycles. The van der Waals surface area contributed by atoms with Crippen molar-refractivity contribution in [3.63, 3.8) is 0 Å². The maximum atomic E-state index is 9.76. The second kappa shape index (κ2) is 4.27. The van der Waals surface area contributed by atoms with Crippen molar-refractivity contribution in [2.45, 2.75) is 25.5 Å². The minimum Gasteiger partial charge on any atom is -0.391 e. The Balaban J connectivity index is 2.14. The summed E-state index contributed by atoms with van der Waals surface area (Å²) in [5.74, 6) is 0. The van der Waals surface area contributed by atoms with Gasteiger partial charge in [-0.15, -0.1) is 11.3 Å². The van der Waals surface area contributed by atoms with E-state index in [1.54, 1.807) is 11.3 Å². The second-order valence-electron chi connectivity index (χ2n) is 4.80. The van der Waals surface area contributed by atoms with Gasteiger partial charge < -0.3 is 10.0 Å². The smallest absolute Gasteiger partial charge is 0.101 e. The van der Waals surface area contributed by atoms with E-state index in [1.807, 2.05) is 17.5 Å². The largest absolute Gasteiger partial charge is 0.391 e. The lowest BCUT2D eigenvalue weighted by molar-refractivity contribution is 0.195. The lowest BCUT2D eigenvalue weighted by Crippen LogP contribution is -2.27. The average Bonchev–Trinajstić information content (AvgIpc) is 2.94. The molecule has 1 fully saturated rings.